The van der Waals surface area contributed by atoms with Crippen molar-refractivity contribution in [2.24, 2.45) is 0 Å². The highest BCUT2D eigenvalue weighted by atomic mass is 16.5. The third-order valence-corrected chi connectivity index (χ3v) is 2.87. The van der Waals surface area contributed by atoms with E-state index in [1.54, 1.807) is 7.11 Å². The highest BCUT2D eigenvalue weighted by Gasteiger charge is 2.12. The molecule has 0 heterocycles. The summed E-state index contributed by atoms with van der Waals surface area (Å²) in [6, 6.07) is 5.58. The van der Waals surface area contributed by atoms with Crippen molar-refractivity contribution >= 4 is 5.91 Å². The van der Waals surface area contributed by atoms with Crippen molar-refractivity contribution in [2.75, 3.05) is 13.7 Å². The van der Waals surface area contributed by atoms with Crippen LogP contribution in [0.2, 0.25) is 0 Å². The first-order valence-corrected chi connectivity index (χ1v) is 6.14. The zero-order valence-corrected chi connectivity index (χ0v) is 11.2. The van der Waals surface area contributed by atoms with Gasteiger partial charge in [0.2, 0.25) is 5.91 Å². The summed E-state index contributed by atoms with van der Waals surface area (Å²) in [5.41, 5.74) is 1.95. The van der Waals surface area contributed by atoms with Gasteiger partial charge in [0.15, 0.2) is 0 Å². The topological polar surface area (TPSA) is 58.6 Å². The largest absolute Gasteiger partial charge is 0.496 e. The van der Waals surface area contributed by atoms with Crippen molar-refractivity contribution in [3.05, 3.63) is 29.3 Å². The molecule has 0 saturated heterocycles. The molecule has 1 amide bonds. The average Bonchev–Trinajstić information content (AvgIpc) is 2.36. The van der Waals surface area contributed by atoms with Gasteiger partial charge in [-0.15, -0.1) is 0 Å². The van der Waals surface area contributed by atoms with Crippen molar-refractivity contribution in [1.82, 2.24) is 5.32 Å². The standard InChI is InChI=1S/C14H21NO3/c1-4-12(9-16)15-14(17)8-11-7-10(2)5-6-13(11)18-3/h5-7,12,16H,4,8-9H2,1-3H3,(H,15,17)/t12-/m1/s1. The number of hydrogen-bond acceptors (Lipinski definition) is 3. The lowest BCUT2D eigenvalue weighted by atomic mass is 10.1. The Bertz CT molecular complexity index is 400. The summed E-state index contributed by atoms with van der Waals surface area (Å²) in [5.74, 6) is 0.618. The molecule has 100 valence electrons. The van der Waals surface area contributed by atoms with Crippen molar-refractivity contribution in [2.45, 2.75) is 32.7 Å². The molecule has 1 aromatic carbocycles. The van der Waals surface area contributed by atoms with Gasteiger partial charge in [-0.1, -0.05) is 24.6 Å². The summed E-state index contributed by atoms with van der Waals surface area (Å²) in [5, 5.41) is 11.8. The molecular weight excluding hydrogens is 230 g/mol. The lowest BCUT2D eigenvalue weighted by molar-refractivity contribution is -0.121. The van der Waals surface area contributed by atoms with Crippen LogP contribution < -0.4 is 10.1 Å². The van der Waals surface area contributed by atoms with Gasteiger partial charge in [-0.25, -0.2) is 0 Å². The molecule has 1 rings (SSSR count). The van der Waals surface area contributed by atoms with E-state index in [4.69, 9.17) is 9.84 Å². The first kappa shape index (κ1) is 14.5. The smallest absolute Gasteiger partial charge is 0.224 e. The molecule has 0 saturated carbocycles. The number of aliphatic hydroxyl groups excluding tert-OH is 1. The first-order valence-electron chi connectivity index (χ1n) is 6.14. The molecular formula is C14H21NO3. The van der Waals surface area contributed by atoms with Gasteiger partial charge in [-0.3, -0.25) is 4.79 Å². The number of ether oxygens (including phenoxy) is 1. The second kappa shape index (κ2) is 7.01. The molecule has 18 heavy (non-hydrogen) atoms. The maximum atomic E-state index is 11.8. The maximum Gasteiger partial charge on any atom is 0.224 e. The molecule has 0 fully saturated rings. The molecule has 2 N–H and O–H groups in total. The van der Waals surface area contributed by atoms with E-state index in [1.807, 2.05) is 32.0 Å². The Morgan fingerprint density at radius 2 is 2.22 bits per heavy atom. The number of hydrogen-bond donors (Lipinski definition) is 2. The van der Waals surface area contributed by atoms with Crippen LogP contribution in [0.15, 0.2) is 18.2 Å². The molecule has 1 aromatic rings. The third-order valence-electron chi connectivity index (χ3n) is 2.87. The Morgan fingerprint density at radius 3 is 2.78 bits per heavy atom. The predicted molar refractivity (Wildman–Crippen MR) is 70.7 cm³/mol. The average molecular weight is 251 g/mol. The lowest BCUT2D eigenvalue weighted by Crippen LogP contribution is -2.37. The van der Waals surface area contributed by atoms with Crippen molar-refractivity contribution < 1.29 is 14.6 Å². The van der Waals surface area contributed by atoms with E-state index in [1.165, 1.54) is 0 Å². The summed E-state index contributed by atoms with van der Waals surface area (Å²) >= 11 is 0. The third kappa shape index (κ3) is 4.04. The number of amides is 1. The second-order valence-corrected chi connectivity index (χ2v) is 4.35. The minimum atomic E-state index is -0.173. The van der Waals surface area contributed by atoms with Crippen molar-refractivity contribution in [3.8, 4) is 5.75 Å². The van der Waals surface area contributed by atoms with Crippen molar-refractivity contribution in [1.29, 1.82) is 0 Å². The van der Waals surface area contributed by atoms with Gasteiger partial charge in [0, 0.05) is 5.56 Å². The van der Waals surface area contributed by atoms with E-state index in [0.29, 0.717) is 12.2 Å². The quantitative estimate of drug-likeness (QED) is 0.804. The van der Waals surface area contributed by atoms with Crippen LogP contribution in [0.3, 0.4) is 0 Å². The number of aryl methyl sites for hydroxylation is 1. The Balaban J connectivity index is 2.71. The molecule has 1 atom stereocenters. The highest BCUT2D eigenvalue weighted by molar-refractivity contribution is 5.79. The minimum absolute atomic E-state index is 0.0345. The zero-order chi connectivity index (χ0) is 13.5. The molecule has 0 bridgehead atoms. The normalized spacial score (nSPS) is 12.0. The summed E-state index contributed by atoms with van der Waals surface area (Å²) in [4.78, 5) is 11.8. The summed E-state index contributed by atoms with van der Waals surface area (Å²) < 4.78 is 5.23. The highest BCUT2D eigenvalue weighted by Crippen LogP contribution is 2.20. The Kier molecular flexibility index (Phi) is 5.65. The fraction of sp³-hybridized carbons (Fsp3) is 0.500. The summed E-state index contributed by atoms with van der Waals surface area (Å²) in [7, 11) is 1.59. The molecule has 0 aliphatic carbocycles. The Labute approximate surface area is 108 Å². The van der Waals surface area contributed by atoms with Crippen LogP contribution >= 0.6 is 0 Å². The van der Waals surface area contributed by atoms with E-state index in [2.05, 4.69) is 5.32 Å². The summed E-state index contributed by atoms with van der Waals surface area (Å²) in [6.07, 6.45) is 0.981. The van der Waals surface area contributed by atoms with Gasteiger partial charge in [-0.05, 0) is 19.4 Å². The SMILES string of the molecule is CC[C@H](CO)NC(=O)Cc1cc(C)ccc1OC. The fourth-order valence-corrected chi connectivity index (χ4v) is 1.77. The number of carbonyl (C=O) groups is 1. The lowest BCUT2D eigenvalue weighted by Gasteiger charge is -2.15. The van der Waals surface area contributed by atoms with Crippen LogP contribution in [-0.4, -0.2) is 30.8 Å². The van der Waals surface area contributed by atoms with Crippen LogP contribution in [0.4, 0.5) is 0 Å². The summed E-state index contributed by atoms with van der Waals surface area (Å²) in [6.45, 7) is 3.87. The molecule has 0 aromatic heterocycles. The first-order chi connectivity index (χ1) is 8.60. The van der Waals surface area contributed by atoms with E-state index in [-0.39, 0.29) is 25.0 Å². The molecule has 4 heteroatoms. The molecule has 0 aliphatic heterocycles. The van der Waals surface area contributed by atoms with Crippen molar-refractivity contribution in [3.63, 3.8) is 0 Å². The Morgan fingerprint density at radius 1 is 1.50 bits per heavy atom. The molecule has 0 spiro atoms. The maximum absolute atomic E-state index is 11.8. The van der Waals surface area contributed by atoms with E-state index in [0.717, 1.165) is 11.1 Å². The van der Waals surface area contributed by atoms with Crippen LogP contribution in [0.25, 0.3) is 0 Å². The van der Waals surface area contributed by atoms with Crippen LogP contribution in [0.1, 0.15) is 24.5 Å². The van der Waals surface area contributed by atoms with Gasteiger partial charge in [0.05, 0.1) is 26.2 Å². The van der Waals surface area contributed by atoms with Gasteiger partial charge < -0.3 is 15.2 Å². The molecule has 0 unspecified atom stereocenters. The number of benzene rings is 1. The molecule has 0 radical (unpaired) electrons. The van der Waals surface area contributed by atoms with Gasteiger partial charge in [0.1, 0.15) is 5.75 Å². The molecule has 4 nitrogen and oxygen atoms in total. The predicted octanol–water partition coefficient (Wildman–Crippen LogP) is 1.43. The van der Waals surface area contributed by atoms with E-state index < -0.39 is 0 Å². The number of rotatable bonds is 6. The fourth-order valence-electron chi connectivity index (χ4n) is 1.77. The Hall–Kier alpha value is -1.55. The van der Waals surface area contributed by atoms with Gasteiger partial charge in [-0.2, -0.15) is 0 Å². The number of aliphatic hydroxyl groups is 1. The van der Waals surface area contributed by atoms with E-state index in [9.17, 15) is 4.79 Å². The zero-order valence-electron chi connectivity index (χ0n) is 11.2. The monoisotopic (exact) mass is 251 g/mol. The van der Waals surface area contributed by atoms with Crippen LogP contribution in [0, 0.1) is 6.92 Å². The van der Waals surface area contributed by atoms with Crippen LogP contribution in [0.5, 0.6) is 5.75 Å². The van der Waals surface area contributed by atoms with E-state index >= 15 is 0 Å². The number of carbonyl (C=O) groups excluding carboxylic acids is 1. The van der Waals surface area contributed by atoms with Crippen LogP contribution in [-0.2, 0) is 11.2 Å². The number of nitrogens with one attached hydrogen (secondary N) is 1. The number of methoxy groups -OCH3 is 1. The second-order valence-electron chi connectivity index (χ2n) is 4.35. The molecule has 0 aliphatic rings. The van der Waals surface area contributed by atoms with Gasteiger partial charge in [0.25, 0.3) is 0 Å². The van der Waals surface area contributed by atoms with Gasteiger partial charge >= 0.3 is 0 Å². The minimum Gasteiger partial charge on any atom is -0.496 e.